The van der Waals surface area contributed by atoms with Crippen LogP contribution in [-0.2, 0) is 9.59 Å². The third-order valence-electron chi connectivity index (χ3n) is 6.79. The molecule has 4 saturated carbocycles. The number of rotatable bonds is 3. The molecule has 5 nitrogen and oxygen atoms in total. The zero-order valence-corrected chi connectivity index (χ0v) is 13.5. The number of aliphatic hydroxyl groups is 1. The van der Waals surface area contributed by atoms with Crippen LogP contribution in [0, 0.1) is 28.6 Å². The van der Waals surface area contributed by atoms with Gasteiger partial charge in [0.15, 0.2) is 11.8 Å². The fraction of sp³-hybridized carbons (Fsp3) is 0.833. The molecule has 1 aliphatic heterocycles. The van der Waals surface area contributed by atoms with Crippen molar-refractivity contribution in [2.75, 3.05) is 6.54 Å². The molecule has 5 rings (SSSR count). The Hall–Kier alpha value is -1.41. The zero-order valence-electron chi connectivity index (χ0n) is 13.5. The molecule has 1 saturated heterocycles. The summed E-state index contributed by atoms with van der Waals surface area (Å²) in [7, 11) is 0. The molecule has 1 heterocycles. The van der Waals surface area contributed by atoms with Crippen molar-refractivity contribution in [3.63, 3.8) is 0 Å². The highest BCUT2D eigenvalue weighted by Gasteiger charge is 2.58. The van der Waals surface area contributed by atoms with E-state index in [0.717, 1.165) is 25.7 Å². The van der Waals surface area contributed by atoms with Crippen LogP contribution >= 0.6 is 0 Å². The van der Waals surface area contributed by atoms with Crippen molar-refractivity contribution >= 4 is 12.2 Å². The van der Waals surface area contributed by atoms with Crippen LogP contribution in [0.15, 0.2) is 0 Å². The molecule has 0 spiro atoms. The van der Waals surface area contributed by atoms with Gasteiger partial charge in [0.1, 0.15) is 0 Å². The summed E-state index contributed by atoms with van der Waals surface area (Å²) in [6.45, 7) is 0.498. The third kappa shape index (κ3) is 2.22. The Bertz CT molecular complexity index is 582. The van der Waals surface area contributed by atoms with Crippen molar-refractivity contribution < 1.29 is 14.7 Å². The highest BCUT2D eigenvalue weighted by Crippen LogP contribution is 2.63. The van der Waals surface area contributed by atoms with Crippen LogP contribution in [0.5, 0.6) is 0 Å². The molecule has 0 aromatic heterocycles. The molecule has 5 aliphatic rings. The average molecular weight is 316 g/mol. The Morgan fingerprint density at radius 2 is 2.00 bits per heavy atom. The number of hydrogen-bond donors (Lipinski definition) is 1. The summed E-state index contributed by atoms with van der Waals surface area (Å²) in [6, 6.07) is 2.06. The molecular weight excluding hydrogens is 292 g/mol. The minimum Gasteiger partial charge on any atom is -0.390 e. The first kappa shape index (κ1) is 15.1. The number of likely N-dealkylation sites (tertiary alicyclic amines) is 1. The smallest absolute Gasteiger partial charge is 0.224 e. The van der Waals surface area contributed by atoms with Gasteiger partial charge in [-0.3, -0.25) is 9.59 Å². The first-order valence-electron chi connectivity index (χ1n) is 8.82. The number of hydrogen-bond acceptors (Lipinski definition) is 4. The Kier molecular flexibility index (Phi) is 3.16. The first-order valence-corrected chi connectivity index (χ1v) is 8.82. The van der Waals surface area contributed by atoms with Gasteiger partial charge in [0.25, 0.3) is 0 Å². The number of carbonyl (C=O) groups excluding carboxylic acids is 2. The van der Waals surface area contributed by atoms with E-state index in [2.05, 4.69) is 6.07 Å². The molecule has 4 bridgehead atoms. The molecule has 1 amide bonds. The lowest BCUT2D eigenvalue weighted by atomic mass is 9.47. The van der Waals surface area contributed by atoms with Gasteiger partial charge >= 0.3 is 0 Å². The van der Waals surface area contributed by atoms with E-state index >= 15 is 0 Å². The van der Waals surface area contributed by atoms with Crippen molar-refractivity contribution in [2.24, 2.45) is 17.3 Å². The maximum absolute atomic E-state index is 12.9. The van der Waals surface area contributed by atoms with Gasteiger partial charge in [0, 0.05) is 13.0 Å². The van der Waals surface area contributed by atoms with E-state index in [-0.39, 0.29) is 11.3 Å². The Morgan fingerprint density at radius 1 is 1.30 bits per heavy atom. The normalized spacial score (nSPS) is 47.6. The highest BCUT2D eigenvalue weighted by molar-refractivity contribution is 5.85. The minimum atomic E-state index is -1.25. The summed E-state index contributed by atoms with van der Waals surface area (Å²) in [6.07, 6.45) is 7.91. The first-order chi connectivity index (χ1) is 10.9. The van der Waals surface area contributed by atoms with E-state index in [1.54, 1.807) is 0 Å². The van der Waals surface area contributed by atoms with E-state index in [1.165, 1.54) is 11.3 Å². The molecule has 0 radical (unpaired) electrons. The molecule has 4 aliphatic carbocycles. The summed E-state index contributed by atoms with van der Waals surface area (Å²) in [5.41, 5.74) is -1.94. The van der Waals surface area contributed by atoms with Gasteiger partial charge in [0.05, 0.1) is 11.7 Å². The van der Waals surface area contributed by atoms with Crippen LogP contribution in [0.3, 0.4) is 0 Å². The van der Waals surface area contributed by atoms with E-state index in [4.69, 9.17) is 0 Å². The second kappa shape index (κ2) is 4.80. The number of nitriles is 1. The zero-order chi connectivity index (χ0) is 16.3. The second-order valence-corrected chi connectivity index (χ2v) is 8.66. The summed E-state index contributed by atoms with van der Waals surface area (Å²) in [4.78, 5) is 25.8. The second-order valence-electron chi connectivity index (χ2n) is 8.66. The van der Waals surface area contributed by atoms with Crippen molar-refractivity contribution in [1.82, 2.24) is 4.90 Å². The maximum atomic E-state index is 12.9. The largest absolute Gasteiger partial charge is 0.390 e. The van der Waals surface area contributed by atoms with Gasteiger partial charge in [0.2, 0.25) is 5.91 Å². The van der Waals surface area contributed by atoms with E-state index < -0.39 is 11.1 Å². The molecule has 124 valence electrons. The summed E-state index contributed by atoms with van der Waals surface area (Å²) >= 11 is 0. The molecule has 3 atom stereocenters. The minimum absolute atomic E-state index is 0.0679. The summed E-state index contributed by atoms with van der Waals surface area (Å²) < 4.78 is 0. The maximum Gasteiger partial charge on any atom is 0.224 e. The molecule has 23 heavy (non-hydrogen) atoms. The van der Waals surface area contributed by atoms with Gasteiger partial charge in [-0.05, 0) is 68.6 Å². The third-order valence-corrected chi connectivity index (χ3v) is 6.79. The standard InChI is InChI=1S/C18H24N2O3/c19-11-17(12-21)2-1-3-20(17)15(22)9-16-5-13-4-14(6-16)8-18(23,7-13)10-16/h12-14,23H,1-10H2. The average Bonchev–Trinajstić information content (AvgIpc) is 2.88. The van der Waals surface area contributed by atoms with Gasteiger partial charge in [-0.1, -0.05) is 0 Å². The SMILES string of the molecule is N#CC1(C=O)CCCN1C(=O)CC12CC3CC(CC(O)(C3)C1)C2. The number of carbonyl (C=O) groups is 2. The van der Waals surface area contributed by atoms with Crippen LogP contribution < -0.4 is 0 Å². The van der Waals surface area contributed by atoms with Gasteiger partial charge in [-0.25, -0.2) is 0 Å². The lowest BCUT2D eigenvalue weighted by molar-refractivity contribution is -0.173. The lowest BCUT2D eigenvalue weighted by Gasteiger charge is -2.60. The molecule has 5 heteroatoms. The Balaban J connectivity index is 1.55. The number of aldehydes is 1. The van der Waals surface area contributed by atoms with Crippen LogP contribution in [0.25, 0.3) is 0 Å². The molecule has 1 N–H and O–H groups in total. The number of nitrogens with zero attached hydrogens (tertiary/aromatic N) is 2. The van der Waals surface area contributed by atoms with Crippen molar-refractivity contribution in [1.29, 1.82) is 5.26 Å². The van der Waals surface area contributed by atoms with Gasteiger partial charge in [-0.2, -0.15) is 5.26 Å². The molecule has 0 aromatic rings. The predicted octanol–water partition coefficient (Wildman–Crippen LogP) is 1.79. The van der Waals surface area contributed by atoms with E-state index in [1.807, 2.05) is 0 Å². The predicted molar refractivity (Wildman–Crippen MR) is 82.0 cm³/mol. The molecule has 0 aromatic carbocycles. The van der Waals surface area contributed by atoms with Gasteiger partial charge in [-0.15, -0.1) is 0 Å². The monoisotopic (exact) mass is 316 g/mol. The van der Waals surface area contributed by atoms with Crippen LogP contribution in [0.1, 0.15) is 57.8 Å². The Labute approximate surface area is 136 Å². The van der Waals surface area contributed by atoms with Crippen molar-refractivity contribution in [3.05, 3.63) is 0 Å². The topological polar surface area (TPSA) is 81.4 Å². The summed E-state index contributed by atoms with van der Waals surface area (Å²) in [5, 5.41) is 20.2. The fourth-order valence-electron chi connectivity index (χ4n) is 6.48. The molecular formula is C18H24N2O3. The Morgan fingerprint density at radius 3 is 2.57 bits per heavy atom. The van der Waals surface area contributed by atoms with E-state index in [0.29, 0.717) is 50.4 Å². The van der Waals surface area contributed by atoms with Crippen LogP contribution in [0.2, 0.25) is 0 Å². The summed E-state index contributed by atoms with van der Waals surface area (Å²) in [5.74, 6) is 1.01. The quantitative estimate of drug-likeness (QED) is 0.805. The van der Waals surface area contributed by atoms with Crippen LogP contribution in [-0.4, -0.2) is 39.9 Å². The molecule has 5 fully saturated rings. The molecule has 3 unspecified atom stereocenters. The van der Waals surface area contributed by atoms with Crippen molar-refractivity contribution in [2.45, 2.75) is 68.9 Å². The fourth-order valence-corrected chi connectivity index (χ4v) is 6.48. The lowest BCUT2D eigenvalue weighted by Crippen LogP contribution is -2.57. The van der Waals surface area contributed by atoms with Crippen LogP contribution in [0.4, 0.5) is 0 Å². The van der Waals surface area contributed by atoms with E-state index in [9.17, 15) is 20.0 Å². The highest BCUT2D eigenvalue weighted by atomic mass is 16.3. The van der Waals surface area contributed by atoms with Gasteiger partial charge < -0.3 is 10.0 Å². The number of amides is 1. The van der Waals surface area contributed by atoms with Crippen molar-refractivity contribution in [3.8, 4) is 6.07 Å².